The zero-order valence-corrected chi connectivity index (χ0v) is 8.05. The fourth-order valence-electron chi connectivity index (χ4n) is 1.38. The Morgan fingerprint density at radius 2 is 2.13 bits per heavy atom. The molecule has 0 heterocycles. The van der Waals surface area contributed by atoms with Gasteiger partial charge >= 0.3 is 5.97 Å². The Balaban J connectivity index is 3.18. The summed E-state index contributed by atoms with van der Waals surface area (Å²) >= 11 is 0. The molecule has 5 nitrogen and oxygen atoms in total. The Hall–Kier alpha value is -1.59. The van der Waals surface area contributed by atoms with Gasteiger partial charge in [-0.25, -0.2) is 0 Å². The van der Waals surface area contributed by atoms with E-state index in [0.29, 0.717) is 5.56 Å². The normalized spacial score (nSPS) is 12.4. The summed E-state index contributed by atoms with van der Waals surface area (Å²) in [6.45, 7) is -0.436. The molecule has 0 bridgehead atoms. The number of aliphatic carboxylic acids is 1. The molecule has 0 aliphatic carbocycles. The van der Waals surface area contributed by atoms with E-state index < -0.39 is 11.9 Å². The Labute approximate surface area is 86.8 Å². The van der Waals surface area contributed by atoms with Crippen LogP contribution in [0, 0.1) is 0 Å². The van der Waals surface area contributed by atoms with Gasteiger partial charge in [0.2, 0.25) is 0 Å². The van der Waals surface area contributed by atoms with Crippen LogP contribution in [0.1, 0.15) is 17.0 Å². The highest BCUT2D eigenvalue weighted by molar-refractivity contribution is 5.77. The third-order valence-corrected chi connectivity index (χ3v) is 2.23. The summed E-state index contributed by atoms with van der Waals surface area (Å²) in [5, 5.41) is 27.4. The predicted molar refractivity (Wildman–Crippen MR) is 53.5 cm³/mol. The SMILES string of the molecule is NCC(C(=O)O)c1cccc(CO)c1O. The first-order valence-electron chi connectivity index (χ1n) is 4.46. The number of nitrogens with two attached hydrogens (primary N) is 1. The van der Waals surface area contributed by atoms with Crippen LogP contribution in [0.3, 0.4) is 0 Å². The smallest absolute Gasteiger partial charge is 0.312 e. The third-order valence-electron chi connectivity index (χ3n) is 2.23. The number of para-hydroxylation sites is 1. The van der Waals surface area contributed by atoms with Gasteiger partial charge in [0.05, 0.1) is 12.5 Å². The van der Waals surface area contributed by atoms with Gasteiger partial charge in [-0.15, -0.1) is 0 Å². The molecule has 5 N–H and O–H groups in total. The Morgan fingerprint density at radius 3 is 2.60 bits per heavy atom. The van der Waals surface area contributed by atoms with Gasteiger partial charge in [0.1, 0.15) is 5.75 Å². The molecule has 0 aliphatic rings. The molecule has 0 saturated carbocycles. The van der Waals surface area contributed by atoms with Gasteiger partial charge in [0, 0.05) is 17.7 Å². The van der Waals surface area contributed by atoms with Crippen LogP contribution in [0.4, 0.5) is 0 Å². The molecule has 1 aromatic carbocycles. The van der Waals surface area contributed by atoms with Gasteiger partial charge in [0.25, 0.3) is 0 Å². The maximum absolute atomic E-state index is 10.8. The summed E-state index contributed by atoms with van der Waals surface area (Å²) in [7, 11) is 0. The molecule has 82 valence electrons. The predicted octanol–water partition coefficient (Wildman–Crippen LogP) is 0.0114. The molecule has 1 rings (SSSR count). The number of phenols is 1. The molecule has 0 spiro atoms. The zero-order valence-electron chi connectivity index (χ0n) is 8.05. The van der Waals surface area contributed by atoms with Crippen LogP contribution in [0.2, 0.25) is 0 Å². The lowest BCUT2D eigenvalue weighted by Crippen LogP contribution is -2.21. The number of carboxylic acid groups (broad SMARTS) is 1. The lowest BCUT2D eigenvalue weighted by Gasteiger charge is -2.13. The van der Waals surface area contributed by atoms with Gasteiger partial charge < -0.3 is 21.1 Å². The number of carbonyl (C=O) groups is 1. The second-order valence-electron chi connectivity index (χ2n) is 3.14. The van der Waals surface area contributed by atoms with Crippen LogP contribution in [0.25, 0.3) is 0 Å². The minimum absolute atomic E-state index is 0.0994. The number of benzene rings is 1. The molecule has 0 saturated heterocycles. The van der Waals surface area contributed by atoms with Crippen molar-refractivity contribution < 1.29 is 20.1 Å². The molecule has 0 aliphatic heterocycles. The van der Waals surface area contributed by atoms with Crippen LogP contribution < -0.4 is 5.73 Å². The van der Waals surface area contributed by atoms with Crippen LogP contribution in [0.15, 0.2) is 18.2 Å². The number of rotatable bonds is 4. The molecular weight excluding hydrogens is 198 g/mol. The van der Waals surface area contributed by atoms with Gasteiger partial charge in [-0.1, -0.05) is 18.2 Å². The van der Waals surface area contributed by atoms with Crippen molar-refractivity contribution in [1.82, 2.24) is 0 Å². The average Bonchev–Trinajstić information content (AvgIpc) is 2.21. The summed E-state index contributed by atoms with van der Waals surface area (Å²) in [4.78, 5) is 10.8. The molecule has 1 unspecified atom stereocenters. The van der Waals surface area contributed by atoms with E-state index in [0.717, 1.165) is 0 Å². The first-order chi connectivity index (χ1) is 7.11. The van der Waals surface area contributed by atoms with Crippen molar-refractivity contribution in [3.8, 4) is 5.75 Å². The molecule has 1 aromatic rings. The van der Waals surface area contributed by atoms with Crippen molar-refractivity contribution in [2.45, 2.75) is 12.5 Å². The second-order valence-corrected chi connectivity index (χ2v) is 3.14. The summed E-state index contributed by atoms with van der Waals surface area (Å²) in [6, 6.07) is 4.58. The van der Waals surface area contributed by atoms with Crippen molar-refractivity contribution in [3.63, 3.8) is 0 Å². The van der Waals surface area contributed by atoms with E-state index in [1.807, 2.05) is 0 Å². The molecule has 0 aromatic heterocycles. The molecule has 5 heteroatoms. The van der Waals surface area contributed by atoms with E-state index in [-0.39, 0.29) is 24.5 Å². The van der Waals surface area contributed by atoms with Crippen molar-refractivity contribution in [3.05, 3.63) is 29.3 Å². The van der Waals surface area contributed by atoms with Crippen molar-refractivity contribution in [2.75, 3.05) is 6.54 Å². The molecule has 0 fully saturated rings. The van der Waals surface area contributed by atoms with Gasteiger partial charge in [-0.05, 0) is 0 Å². The van der Waals surface area contributed by atoms with E-state index in [4.69, 9.17) is 15.9 Å². The quantitative estimate of drug-likeness (QED) is 0.561. The lowest BCUT2D eigenvalue weighted by atomic mass is 9.96. The first-order valence-corrected chi connectivity index (χ1v) is 4.46. The molecular formula is C10H13NO4. The van der Waals surface area contributed by atoms with E-state index in [9.17, 15) is 9.90 Å². The second kappa shape index (κ2) is 4.77. The highest BCUT2D eigenvalue weighted by atomic mass is 16.4. The van der Waals surface area contributed by atoms with E-state index >= 15 is 0 Å². The summed E-state index contributed by atoms with van der Waals surface area (Å²) < 4.78 is 0. The zero-order chi connectivity index (χ0) is 11.4. The highest BCUT2D eigenvalue weighted by Crippen LogP contribution is 2.28. The van der Waals surface area contributed by atoms with Crippen LogP contribution >= 0.6 is 0 Å². The Bertz CT molecular complexity index is 364. The topological polar surface area (TPSA) is 104 Å². The van der Waals surface area contributed by atoms with Gasteiger partial charge in [-0.2, -0.15) is 0 Å². The number of aliphatic hydroxyl groups is 1. The Morgan fingerprint density at radius 1 is 1.47 bits per heavy atom. The molecule has 15 heavy (non-hydrogen) atoms. The largest absolute Gasteiger partial charge is 0.507 e. The standard InChI is InChI=1S/C10H13NO4/c11-4-8(10(14)15)7-3-1-2-6(5-12)9(7)13/h1-3,8,12-13H,4-5,11H2,(H,14,15). The first kappa shape index (κ1) is 11.5. The van der Waals surface area contributed by atoms with Crippen LogP contribution in [-0.2, 0) is 11.4 Å². The molecule has 1 atom stereocenters. The Kier molecular flexibility index (Phi) is 3.65. The number of aliphatic hydroxyl groups excluding tert-OH is 1. The van der Waals surface area contributed by atoms with Crippen LogP contribution in [0.5, 0.6) is 5.75 Å². The maximum Gasteiger partial charge on any atom is 0.312 e. The third kappa shape index (κ3) is 2.26. The minimum Gasteiger partial charge on any atom is -0.507 e. The lowest BCUT2D eigenvalue weighted by molar-refractivity contribution is -0.138. The average molecular weight is 211 g/mol. The van der Waals surface area contributed by atoms with Crippen molar-refractivity contribution in [2.24, 2.45) is 5.73 Å². The fraction of sp³-hybridized carbons (Fsp3) is 0.300. The number of carboxylic acids is 1. The monoisotopic (exact) mass is 211 g/mol. The minimum atomic E-state index is -1.09. The highest BCUT2D eigenvalue weighted by Gasteiger charge is 2.22. The summed E-state index contributed by atoms with van der Waals surface area (Å²) in [5.41, 5.74) is 5.84. The number of aromatic hydroxyl groups is 1. The molecule has 0 radical (unpaired) electrons. The summed E-state index contributed by atoms with van der Waals surface area (Å²) in [6.07, 6.45) is 0. The maximum atomic E-state index is 10.8. The molecule has 0 amide bonds. The van der Waals surface area contributed by atoms with Crippen LogP contribution in [-0.4, -0.2) is 27.8 Å². The number of hydrogen-bond donors (Lipinski definition) is 4. The van der Waals surface area contributed by atoms with E-state index in [1.165, 1.54) is 12.1 Å². The van der Waals surface area contributed by atoms with E-state index in [1.54, 1.807) is 6.07 Å². The van der Waals surface area contributed by atoms with E-state index in [2.05, 4.69) is 0 Å². The van der Waals surface area contributed by atoms with Gasteiger partial charge in [-0.3, -0.25) is 4.79 Å². The van der Waals surface area contributed by atoms with Crippen molar-refractivity contribution in [1.29, 1.82) is 0 Å². The van der Waals surface area contributed by atoms with Gasteiger partial charge in [0.15, 0.2) is 0 Å². The van der Waals surface area contributed by atoms with Crippen molar-refractivity contribution >= 4 is 5.97 Å². The number of hydrogen-bond acceptors (Lipinski definition) is 4. The summed E-state index contributed by atoms with van der Waals surface area (Å²) in [5.74, 6) is -2.24. The fourth-order valence-corrected chi connectivity index (χ4v) is 1.38.